The van der Waals surface area contributed by atoms with Crippen LogP contribution in [0, 0.1) is 9.39 Å². The fourth-order valence-corrected chi connectivity index (χ4v) is 3.15. The molecule has 0 heterocycles. The molecule has 0 bridgehead atoms. The van der Waals surface area contributed by atoms with Crippen molar-refractivity contribution in [2.45, 2.75) is 12.5 Å². The maximum absolute atomic E-state index is 13.1. The lowest BCUT2D eigenvalue weighted by atomic mass is 10.00. The van der Waals surface area contributed by atoms with Crippen LogP contribution in [0.5, 0.6) is 0 Å². The van der Waals surface area contributed by atoms with Crippen molar-refractivity contribution in [2.24, 2.45) is 5.73 Å². The van der Waals surface area contributed by atoms with E-state index in [1.54, 1.807) is 12.1 Å². The molecule has 1 nitrogen and oxygen atoms in total. The van der Waals surface area contributed by atoms with Crippen molar-refractivity contribution in [1.82, 2.24) is 0 Å². The van der Waals surface area contributed by atoms with E-state index in [0.29, 0.717) is 6.42 Å². The van der Waals surface area contributed by atoms with E-state index >= 15 is 0 Å². The van der Waals surface area contributed by atoms with Crippen molar-refractivity contribution < 1.29 is 4.39 Å². The van der Waals surface area contributed by atoms with E-state index in [1.807, 2.05) is 18.2 Å². The van der Waals surface area contributed by atoms with Crippen LogP contribution in [0.25, 0.3) is 0 Å². The number of hydrogen-bond acceptors (Lipinski definition) is 1. The van der Waals surface area contributed by atoms with Gasteiger partial charge in [-0.3, -0.25) is 0 Å². The SMILES string of the molecule is NC(Cc1ccc(F)c(Cl)c1)c1cc(Br)ccc1I. The molecule has 0 fully saturated rings. The third-order valence-electron chi connectivity index (χ3n) is 2.80. The van der Waals surface area contributed by atoms with E-state index in [4.69, 9.17) is 17.3 Å². The van der Waals surface area contributed by atoms with E-state index in [0.717, 1.165) is 19.2 Å². The van der Waals surface area contributed by atoms with Gasteiger partial charge in [0.2, 0.25) is 0 Å². The number of hydrogen-bond donors (Lipinski definition) is 1. The quantitative estimate of drug-likeness (QED) is 0.643. The number of rotatable bonds is 3. The fraction of sp³-hybridized carbons (Fsp3) is 0.143. The highest BCUT2D eigenvalue weighted by atomic mass is 127. The standard InChI is InChI=1S/C14H11BrClFIN/c15-9-2-4-13(18)10(7-9)14(19)6-8-1-3-12(17)11(16)5-8/h1-5,7,14H,6,19H2. The molecule has 2 aromatic rings. The van der Waals surface area contributed by atoms with Crippen LogP contribution in [0.3, 0.4) is 0 Å². The van der Waals surface area contributed by atoms with E-state index < -0.39 is 5.82 Å². The van der Waals surface area contributed by atoms with Crippen LogP contribution >= 0.6 is 50.1 Å². The van der Waals surface area contributed by atoms with Gasteiger partial charge in [0.05, 0.1) is 5.02 Å². The molecule has 0 aliphatic rings. The summed E-state index contributed by atoms with van der Waals surface area (Å²) >= 11 is 11.5. The minimum absolute atomic E-state index is 0.133. The summed E-state index contributed by atoms with van der Waals surface area (Å²) in [5, 5.41) is 0.133. The average Bonchev–Trinajstić information content (AvgIpc) is 2.36. The second kappa shape index (κ2) is 6.52. The van der Waals surface area contributed by atoms with Crippen molar-refractivity contribution in [2.75, 3.05) is 0 Å². The third kappa shape index (κ3) is 3.90. The summed E-state index contributed by atoms with van der Waals surface area (Å²) < 4.78 is 15.2. The molecule has 100 valence electrons. The lowest BCUT2D eigenvalue weighted by molar-refractivity contribution is 0.626. The average molecular weight is 455 g/mol. The van der Waals surface area contributed by atoms with Gasteiger partial charge in [0.15, 0.2) is 0 Å². The van der Waals surface area contributed by atoms with Gasteiger partial charge >= 0.3 is 0 Å². The lowest BCUT2D eigenvalue weighted by Crippen LogP contribution is -2.14. The van der Waals surface area contributed by atoms with Crippen LogP contribution in [0.15, 0.2) is 40.9 Å². The molecule has 0 saturated heterocycles. The number of benzene rings is 2. The Bertz CT molecular complexity index is 606. The Balaban J connectivity index is 2.22. The van der Waals surface area contributed by atoms with Crippen LogP contribution in [-0.2, 0) is 6.42 Å². The molecule has 0 radical (unpaired) electrons. The maximum Gasteiger partial charge on any atom is 0.141 e. The van der Waals surface area contributed by atoms with Gasteiger partial charge in [-0.25, -0.2) is 4.39 Å². The molecule has 0 amide bonds. The molecule has 2 rings (SSSR count). The molecule has 2 aromatic carbocycles. The maximum atomic E-state index is 13.1. The van der Waals surface area contributed by atoms with Gasteiger partial charge in [-0.15, -0.1) is 0 Å². The van der Waals surface area contributed by atoms with Crippen LogP contribution in [0.4, 0.5) is 4.39 Å². The van der Waals surface area contributed by atoms with Crippen molar-refractivity contribution in [3.8, 4) is 0 Å². The molecule has 0 saturated carbocycles. The van der Waals surface area contributed by atoms with Gasteiger partial charge in [-0.1, -0.05) is 33.6 Å². The van der Waals surface area contributed by atoms with Gasteiger partial charge in [0.25, 0.3) is 0 Å². The van der Waals surface area contributed by atoms with Crippen molar-refractivity contribution >= 4 is 50.1 Å². The summed E-state index contributed by atoms with van der Waals surface area (Å²) in [5.41, 5.74) is 8.21. The Labute approximate surface area is 138 Å². The summed E-state index contributed by atoms with van der Waals surface area (Å²) in [6.45, 7) is 0. The largest absolute Gasteiger partial charge is 0.324 e. The molecule has 1 atom stereocenters. The highest BCUT2D eigenvalue weighted by Gasteiger charge is 2.12. The molecule has 0 aliphatic heterocycles. The monoisotopic (exact) mass is 453 g/mol. The zero-order valence-corrected chi connectivity index (χ0v) is 14.3. The fourth-order valence-electron chi connectivity index (χ4n) is 1.83. The molecule has 0 aliphatic carbocycles. The Hall–Kier alpha value is -0.170. The van der Waals surface area contributed by atoms with Crippen molar-refractivity contribution in [3.63, 3.8) is 0 Å². The van der Waals surface area contributed by atoms with Crippen LogP contribution < -0.4 is 5.73 Å². The smallest absolute Gasteiger partial charge is 0.141 e. The summed E-state index contributed by atoms with van der Waals surface area (Å²) in [6, 6.07) is 10.6. The zero-order valence-electron chi connectivity index (χ0n) is 9.84. The molecule has 0 spiro atoms. The molecule has 19 heavy (non-hydrogen) atoms. The normalized spacial score (nSPS) is 12.5. The molecule has 5 heteroatoms. The number of nitrogens with two attached hydrogens (primary N) is 1. The molecule has 1 unspecified atom stereocenters. The van der Waals surface area contributed by atoms with Gasteiger partial charge < -0.3 is 5.73 Å². The third-order valence-corrected chi connectivity index (χ3v) is 4.56. The van der Waals surface area contributed by atoms with Crippen molar-refractivity contribution in [3.05, 3.63) is 66.4 Å². The predicted molar refractivity (Wildman–Crippen MR) is 88.9 cm³/mol. The summed E-state index contributed by atoms with van der Waals surface area (Å²) in [5.74, 6) is -0.406. The molecule has 2 N–H and O–H groups in total. The Morgan fingerprint density at radius 3 is 2.68 bits per heavy atom. The lowest BCUT2D eigenvalue weighted by Gasteiger charge is -2.15. The van der Waals surface area contributed by atoms with Gasteiger partial charge in [-0.2, -0.15) is 0 Å². The Kier molecular flexibility index (Phi) is 5.22. The Morgan fingerprint density at radius 2 is 2.00 bits per heavy atom. The molecular formula is C14H11BrClFIN. The van der Waals surface area contributed by atoms with E-state index in [9.17, 15) is 4.39 Å². The first-order chi connectivity index (χ1) is 8.97. The van der Waals surface area contributed by atoms with Crippen LogP contribution in [0.2, 0.25) is 5.02 Å². The van der Waals surface area contributed by atoms with Crippen molar-refractivity contribution in [1.29, 1.82) is 0 Å². The topological polar surface area (TPSA) is 26.0 Å². The highest BCUT2D eigenvalue weighted by Crippen LogP contribution is 2.26. The first-order valence-electron chi connectivity index (χ1n) is 5.62. The van der Waals surface area contributed by atoms with E-state index in [1.165, 1.54) is 6.07 Å². The second-order valence-electron chi connectivity index (χ2n) is 4.22. The van der Waals surface area contributed by atoms with E-state index in [2.05, 4.69) is 38.5 Å². The predicted octanol–water partition coefficient (Wildman–Crippen LogP) is 5.09. The van der Waals surface area contributed by atoms with Crippen LogP contribution in [-0.4, -0.2) is 0 Å². The van der Waals surface area contributed by atoms with Gasteiger partial charge in [0.1, 0.15) is 5.82 Å². The number of halogens is 4. The minimum atomic E-state index is -0.406. The highest BCUT2D eigenvalue weighted by molar-refractivity contribution is 14.1. The zero-order chi connectivity index (χ0) is 14.0. The first kappa shape index (κ1) is 15.2. The van der Waals surface area contributed by atoms with Crippen LogP contribution in [0.1, 0.15) is 17.2 Å². The van der Waals surface area contributed by atoms with Gasteiger partial charge in [0, 0.05) is 14.1 Å². The molecule has 0 aromatic heterocycles. The first-order valence-corrected chi connectivity index (χ1v) is 7.87. The summed E-state index contributed by atoms with van der Waals surface area (Å²) in [4.78, 5) is 0. The van der Waals surface area contributed by atoms with Gasteiger partial charge in [-0.05, 0) is 70.5 Å². The van der Waals surface area contributed by atoms with E-state index in [-0.39, 0.29) is 11.1 Å². The summed E-state index contributed by atoms with van der Waals surface area (Å²) in [6.07, 6.45) is 0.618. The molecular weight excluding hydrogens is 443 g/mol. The Morgan fingerprint density at radius 1 is 1.26 bits per heavy atom. The summed E-state index contributed by atoms with van der Waals surface area (Å²) in [7, 11) is 0. The minimum Gasteiger partial charge on any atom is -0.324 e. The second-order valence-corrected chi connectivity index (χ2v) is 6.71.